The average Bonchev–Trinajstić information content (AvgIpc) is 2.75. The molecular formula is C14H22N4O3. The largest absolute Gasteiger partial charge is 0.444 e. The summed E-state index contributed by atoms with van der Waals surface area (Å²) in [6.07, 6.45) is 1.96. The summed E-state index contributed by atoms with van der Waals surface area (Å²) in [5.74, 6) is 0.673. The van der Waals surface area contributed by atoms with Crippen molar-refractivity contribution in [3.8, 4) is 0 Å². The molecule has 1 aromatic heterocycles. The van der Waals surface area contributed by atoms with Crippen molar-refractivity contribution in [2.45, 2.75) is 39.2 Å². The van der Waals surface area contributed by atoms with Crippen LogP contribution in [-0.4, -0.2) is 50.2 Å². The molecule has 1 atom stereocenters. The van der Waals surface area contributed by atoms with Crippen LogP contribution in [-0.2, 0) is 23.0 Å². The number of aromatic nitrogens is 3. The maximum absolute atomic E-state index is 12.1. The summed E-state index contributed by atoms with van der Waals surface area (Å²) < 4.78 is 7.01. The van der Waals surface area contributed by atoms with Crippen molar-refractivity contribution in [1.82, 2.24) is 19.7 Å². The summed E-state index contributed by atoms with van der Waals surface area (Å²) in [5.41, 5.74) is -0.530. The Balaban J connectivity index is 2.01. The predicted molar refractivity (Wildman–Crippen MR) is 75.6 cm³/mol. The lowest BCUT2D eigenvalue weighted by molar-refractivity contribution is -0.126. The molecule has 0 radical (unpaired) electrons. The lowest BCUT2D eigenvalue weighted by Gasteiger charge is -2.33. The van der Waals surface area contributed by atoms with Crippen molar-refractivity contribution in [2.75, 3.05) is 13.1 Å². The molecule has 2 heterocycles. The summed E-state index contributed by atoms with van der Waals surface area (Å²) in [4.78, 5) is 29.9. The minimum Gasteiger partial charge on any atom is -0.444 e. The summed E-state index contributed by atoms with van der Waals surface area (Å²) in [7, 11) is 1.79. The van der Waals surface area contributed by atoms with Gasteiger partial charge in [0.15, 0.2) is 0 Å². The van der Waals surface area contributed by atoms with Crippen molar-refractivity contribution in [3.63, 3.8) is 0 Å². The van der Waals surface area contributed by atoms with E-state index in [0.717, 1.165) is 5.82 Å². The number of nitrogens with zero attached hydrogens (tertiary/aromatic N) is 4. The maximum Gasteiger partial charge on any atom is 0.410 e. The molecule has 1 saturated heterocycles. The number of hydrogen-bond acceptors (Lipinski definition) is 5. The number of Topliss-reactive ketones (excluding diaryl/α,β-unsaturated/α-hetero) is 1. The number of aryl methyl sites for hydroxylation is 1. The van der Waals surface area contributed by atoms with Gasteiger partial charge in [0.2, 0.25) is 0 Å². The molecule has 1 amide bonds. The second-order valence-corrected chi connectivity index (χ2v) is 6.34. The number of likely N-dealkylation sites (tertiary alicyclic amines) is 1. The number of carbonyl (C=O) groups excluding carboxylic acids is 2. The van der Waals surface area contributed by atoms with Gasteiger partial charge in [-0.25, -0.2) is 9.78 Å². The second kappa shape index (κ2) is 5.83. The monoisotopic (exact) mass is 294 g/mol. The molecule has 7 heteroatoms. The molecule has 0 aliphatic carbocycles. The fourth-order valence-corrected chi connectivity index (χ4v) is 2.30. The van der Waals surface area contributed by atoms with Crippen molar-refractivity contribution >= 4 is 11.9 Å². The first-order valence-corrected chi connectivity index (χ1v) is 7.10. The molecule has 0 N–H and O–H groups in total. The van der Waals surface area contributed by atoms with Gasteiger partial charge in [-0.1, -0.05) is 0 Å². The highest BCUT2D eigenvalue weighted by molar-refractivity contribution is 5.84. The zero-order valence-corrected chi connectivity index (χ0v) is 13.0. The van der Waals surface area contributed by atoms with Crippen molar-refractivity contribution in [1.29, 1.82) is 0 Å². The van der Waals surface area contributed by atoms with Crippen LogP contribution in [0.4, 0.5) is 4.79 Å². The number of ketones is 1. The number of ether oxygens (including phenoxy) is 1. The molecule has 1 unspecified atom stereocenters. The van der Waals surface area contributed by atoms with E-state index in [9.17, 15) is 9.59 Å². The Morgan fingerprint density at radius 3 is 2.76 bits per heavy atom. The lowest BCUT2D eigenvalue weighted by atomic mass is 9.93. The fraction of sp³-hybridized carbons (Fsp3) is 0.714. The molecule has 0 bridgehead atoms. The van der Waals surface area contributed by atoms with E-state index in [4.69, 9.17) is 4.74 Å². The SMILES string of the molecule is Cn1ncnc1CC1CN(C(=O)OC(C)(C)C)CCC1=O. The number of rotatable bonds is 2. The Morgan fingerprint density at radius 1 is 1.48 bits per heavy atom. The summed E-state index contributed by atoms with van der Waals surface area (Å²) in [6, 6.07) is 0. The minimum atomic E-state index is -0.530. The standard InChI is InChI=1S/C14H22N4O3/c1-14(2,3)21-13(20)18-6-5-11(19)10(8-18)7-12-15-9-16-17(12)4/h9-10H,5-8H2,1-4H3. The van der Waals surface area contributed by atoms with Crippen LogP contribution in [0, 0.1) is 5.92 Å². The predicted octanol–water partition coefficient (Wildman–Crippen LogP) is 1.18. The Kier molecular flexibility index (Phi) is 4.29. The first kappa shape index (κ1) is 15.5. The zero-order chi connectivity index (χ0) is 15.6. The van der Waals surface area contributed by atoms with E-state index in [1.807, 2.05) is 20.8 Å². The molecule has 116 valence electrons. The molecular weight excluding hydrogens is 272 g/mol. The molecule has 1 aliphatic heterocycles. The number of piperidine rings is 1. The third-order valence-corrected chi connectivity index (χ3v) is 3.41. The third-order valence-electron chi connectivity index (χ3n) is 3.41. The number of amides is 1. The number of hydrogen-bond donors (Lipinski definition) is 0. The fourth-order valence-electron chi connectivity index (χ4n) is 2.30. The van der Waals surface area contributed by atoms with Crippen LogP contribution in [0.25, 0.3) is 0 Å². The lowest BCUT2D eigenvalue weighted by Crippen LogP contribution is -2.46. The topological polar surface area (TPSA) is 77.3 Å². The van der Waals surface area contributed by atoms with Gasteiger partial charge in [0.25, 0.3) is 0 Å². The molecule has 0 spiro atoms. The zero-order valence-electron chi connectivity index (χ0n) is 13.0. The smallest absolute Gasteiger partial charge is 0.410 e. The van der Waals surface area contributed by atoms with Gasteiger partial charge < -0.3 is 9.64 Å². The van der Waals surface area contributed by atoms with Crippen LogP contribution >= 0.6 is 0 Å². The highest BCUT2D eigenvalue weighted by Crippen LogP contribution is 2.19. The Labute approximate surface area is 124 Å². The molecule has 1 aliphatic rings. The quantitative estimate of drug-likeness (QED) is 0.818. The van der Waals surface area contributed by atoms with Crippen molar-refractivity contribution in [3.05, 3.63) is 12.2 Å². The van der Waals surface area contributed by atoms with Gasteiger partial charge >= 0.3 is 6.09 Å². The molecule has 1 fully saturated rings. The number of carbonyl (C=O) groups is 2. The normalized spacial score (nSPS) is 19.7. The van der Waals surface area contributed by atoms with Crippen LogP contribution < -0.4 is 0 Å². The van der Waals surface area contributed by atoms with E-state index in [1.165, 1.54) is 6.33 Å². The van der Waals surface area contributed by atoms with Gasteiger partial charge in [0.05, 0.1) is 0 Å². The van der Waals surface area contributed by atoms with E-state index in [0.29, 0.717) is 25.9 Å². The van der Waals surface area contributed by atoms with Crippen LogP contribution in [0.2, 0.25) is 0 Å². The van der Waals surface area contributed by atoms with Gasteiger partial charge in [-0.05, 0) is 20.8 Å². The van der Waals surface area contributed by atoms with E-state index in [-0.39, 0.29) is 17.8 Å². The first-order chi connectivity index (χ1) is 9.76. The molecule has 21 heavy (non-hydrogen) atoms. The van der Waals surface area contributed by atoms with E-state index in [2.05, 4.69) is 10.1 Å². The highest BCUT2D eigenvalue weighted by atomic mass is 16.6. The second-order valence-electron chi connectivity index (χ2n) is 6.34. The van der Waals surface area contributed by atoms with Crippen LogP contribution in [0.5, 0.6) is 0 Å². The molecule has 2 rings (SSSR count). The molecule has 7 nitrogen and oxygen atoms in total. The Morgan fingerprint density at radius 2 is 2.19 bits per heavy atom. The van der Waals surface area contributed by atoms with E-state index in [1.54, 1.807) is 16.6 Å². The maximum atomic E-state index is 12.1. The van der Waals surface area contributed by atoms with E-state index < -0.39 is 5.60 Å². The van der Waals surface area contributed by atoms with Gasteiger partial charge in [-0.2, -0.15) is 5.10 Å². The van der Waals surface area contributed by atoms with E-state index >= 15 is 0 Å². The van der Waals surface area contributed by atoms with Crippen LogP contribution in [0.15, 0.2) is 6.33 Å². The Hall–Kier alpha value is -1.92. The summed E-state index contributed by atoms with van der Waals surface area (Å²) in [6.45, 7) is 6.29. The first-order valence-electron chi connectivity index (χ1n) is 7.10. The van der Waals surface area contributed by atoms with Crippen LogP contribution in [0.1, 0.15) is 33.0 Å². The highest BCUT2D eigenvalue weighted by Gasteiger charge is 2.32. The van der Waals surface area contributed by atoms with Gasteiger partial charge in [-0.15, -0.1) is 0 Å². The molecule has 0 saturated carbocycles. The van der Waals surface area contributed by atoms with Gasteiger partial charge in [0.1, 0.15) is 23.5 Å². The van der Waals surface area contributed by atoms with Crippen LogP contribution in [0.3, 0.4) is 0 Å². The van der Waals surface area contributed by atoms with Gasteiger partial charge in [0, 0.05) is 38.9 Å². The van der Waals surface area contributed by atoms with Crippen molar-refractivity contribution in [2.24, 2.45) is 13.0 Å². The summed E-state index contributed by atoms with van der Waals surface area (Å²) >= 11 is 0. The molecule has 1 aromatic rings. The Bertz CT molecular complexity index is 533. The average molecular weight is 294 g/mol. The third kappa shape index (κ3) is 4.03. The summed E-state index contributed by atoms with van der Waals surface area (Å²) in [5, 5.41) is 4.00. The minimum absolute atomic E-state index is 0.165. The van der Waals surface area contributed by atoms with Crippen molar-refractivity contribution < 1.29 is 14.3 Å². The van der Waals surface area contributed by atoms with Gasteiger partial charge in [-0.3, -0.25) is 9.48 Å². The molecule has 0 aromatic carbocycles.